The molecule has 1 amide bonds. The second kappa shape index (κ2) is 4.68. The summed E-state index contributed by atoms with van der Waals surface area (Å²) in [7, 11) is 1.54. The normalized spacial score (nSPS) is 10.5. The average Bonchev–Trinajstić information content (AvgIpc) is 2.32. The first-order valence-corrected chi connectivity index (χ1v) is 5.85. The summed E-state index contributed by atoms with van der Waals surface area (Å²) in [6.45, 7) is 3.88. The predicted molar refractivity (Wildman–Crippen MR) is 72.9 cm³/mol. The number of hydrogen-bond acceptors (Lipinski definition) is 3. The molecule has 0 radical (unpaired) electrons. The average molecular weight is 257 g/mol. The number of aryl methyl sites for hydroxylation is 3. The second-order valence-electron chi connectivity index (χ2n) is 4.58. The van der Waals surface area contributed by atoms with E-state index in [-0.39, 0.29) is 5.56 Å². The Morgan fingerprint density at radius 3 is 2.58 bits per heavy atom. The summed E-state index contributed by atoms with van der Waals surface area (Å²) >= 11 is 0. The molecular formula is C14H15N3O2. The van der Waals surface area contributed by atoms with E-state index < -0.39 is 11.6 Å². The molecule has 0 atom stereocenters. The van der Waals surface area contributed by atoms with E-state index in [2.05, 4.69) is 4.98 Å². The van der Waals surface area contributed by atoms with Crippen molar-refractivity contribution in [1.82, 2.24) is 9.55 Å². The third-order valence-corrected chi connectivity index (χ3v) is 2.99. The third-order valence-electron chi connectivity index (χ3n) is 2.99. The maximum absolute atomic E-state index is 11.7. The van der Waals surface area contributed by atoms with E-state index in [4.69, 9.17) is 5.73 Å². The molecule has 1 heterocycles. The van der Waals surface area contributed by atoms with Crippen LogP contribution < -0.4 is 11.4 Å². The van der Waals surface area contributed by atoms with E-state index in [0.717, 1.165) is 16.7 Å². The maximum atomic E-state index is 11.7. The highest BCUT2D eigenvalue weighted by Gasteiger charge is 2.15. The first kappa shape index (κ1) is 13.0. The lowest BCUT2D eigenvalue weighted by molar-refractivity contribution is 0.1000. The predicted octanol–water partition coefficient (Wildman–Crippen LogP) is 1.16. The second-order valence-corrected chi connectivity index (χ2v) is 4.58. The Balaban J connectivity index is 2.77. The van der Waals surface area contributed by atoms with Crippen LogP contribution in [0.4, 0.5) is 0 Å². The van der Waals surface area contributed by atoms with Crippen LogP contribution in [0.3, 0.4) is 0 Å². The molecule has 5 nitrogen and oxygen atoms in total. The maximum Gasteiger partial charge on any atom is 0.347 e. The summed E-state index contributed by atoms with van der Waals surface area (Å²) in [4.78, 5) is 27.1. The molecular weight excluding hydrogens is 242 g/mol. The van der Waals surface area contributed by atoms with E-state index in [1.165, 1.54) is 17.8 Å². The van der Waals surface area contributed by atoms with Gasteiger partial charge in [0, 0.05) is 18.8 Å². The standard InChI is InChI=1S/C14H15N3O2/c1-8-4-5-10(9(2)6-8)12-11(13(15)18)7-17(3)14(19)16-12/h4-7H,1-3H3,(H2,15,18). The molecule has 0 bridgehead atoms. The van der Waals surface area contributed by atoms with Crippen molar-refractivity contribution >= 4 is 5.91 Å². The van der Waals surface area contributed by atoms with Gasteiger partial charge in [0.25, 0.3) is 5.91 Å². The fourth-order valence-corrected chi connectivity index (χ4v) is 2.01. The Morgan fingerprint density at radius 2 is 2.00 bits per heavy atom. The summed E-state index contributed by atoms with van der Waals surface area (Å²) in [6, 6.07) is 5.73. The number of carbonyl (C=O) groups excluding carboxylic acids is 1. The van der Waals surface area contributed by atoms with Crippen molar-refractivity contribution < 1.29 is 4.79 Å². The molecule has 1 aromatic carbocycles. The van der Waals surface area contributed by atoms with E-state index in [9.17, 15) is 9.59 Å². The smallest absolute Gasteiger partial charge is 0.347 e. The minimum atomic E-state index is -0.599. The van der Waals surface area contributed by atoms with Gasteiger partial charge < -0.3 is 10.3 Å². The Labute approximate surface area is 110 Å². The number of amides is 1. The summed E-state index contributed by atoms with van der Waals surface area (Å²) in [5.41, 5.74) is 8.32. The summed E-state index contributed by atoms with van der Waals surface area (Å²) < 4.78 is 1.24. The topological polar surface area (TPSA) is 78.0 Å². The largest absolute Gasteiger partial charge is 0.365 e. The lowest BCUT2D eigenvalue weighted by atomic mass is 10.00. The summed E-state index contributed by atoms with van der Waals surface area (Å²) in [5, 5.41) is 0. The van der Waals surface area contributed by atoms with Gasteiger partial charge in [-0.25, -0.2) is 4.79 Å². The van der Waals surface area contributed by atoms with Crippen LogP contribution in [0.1, 0.15) is 21.5 Å². The number of carbonyl (C=O) groups is 1. The van der Waals surface area contributed by atoms with Gasteiger partial charge in [-0.2, -0.15) is 4.98 Å². The Kier molecular flexibility index (Phi) is 3.21. The number of aromatic nitrogens is 2. The molecule has 0 saturated heterocycles. The molecule has 2 aromatic rings. The van der Waals surface area contributed by atoms with Crippen LogP contribution in [0.15, 0.2) is 29.2 Å². The zero-order valence-corrected chi connectivity index (χ0v) is 11.1. The molecule has 0 aliphatic heterocycles. The van der Waals surface area contributed by atoms with Crippen LogP contribution in [0, 0.1) is 13.8 Å². The lowest BCUT2D eigenvalue weighted by Gasteiger charge is -2.10. The fourth-order valence-electron chi connectivity index (χ4n) is 2.01. The van der Waals surface area contributed by atoms with Crippen molar-refractivity contribution in [3.8, 4) is 11.3 Å². The molecule has 0 aliphatic carbocycles. The monoisotopic (exact) mass is 257 g/mol. The minimum absolute atomic E-state index is 0.244. The van der Waals surface area contributed by atoms with Crippen LogP contribution >= 0.6 is 0 Å². The minimum Gasteiger partial charge on any atom is -0.365 e. The van der Waals surface area contributed by atoms with Crippen molar-refractivity contribution in [2.75, 3.05) is 0 Å². The van der Waals surface area contributed by atoms with E-state index in [1.807, 2.05) is 32.0 Å². The van der Waals surface area contributed by atoms with Crippen LogP contribution in [-0.4, -0.2) is 15.5 Å². The van der Waals surface area contributed by atoms with Crippen molar-refractivity contribution in [3.63, 3.8) is 0 Å². The highest BCUT2D eigenvalue weighted by molar-refractivity contribution is 5.98. The fraction of sp³-hybridized carbons (Fsp3) is 0.214. The Hall–Kier alpha value is -2.43. The van der Waals surface area contributed by atoms with Crippen molar-refractivity contribution in [1.29, 1.82) is 0 Å². The molecule has 1 aromatic heterocycles. The molecule has 2 N–H and O–H groups in total. The SMILES string of the molecule is Cc1ccc(-c2nc(=O)n(C)cc2C(N)=O)c(C)c1. The third kappa shape index (κ3) is 2.40. The Morgan fingerprint density at radius 1 is 1.32 bits per heavy atom. The number of nitrogens with two attached hydrogens (primary N) is 1. The van der Waals surface area contributed by atoms with E-state index >= 15 is 0 Å². The van der Waals surface area contributed by atoms with Crippen molar-refractivity contribution in [2.45, 2.75) is 13.8 Å². The molecule has 2 rings (SSSR count). The van der Waals surface area contributed by atoms with Crippen molar-refractivity contribution in [3.05, 3.63) is 51.6 Å². The molecule has 0 saturated carbocycles. The molecule has 0 spiro atoms. The first-order chi connectivity index (χ1) is 8.90. The highest BCUT2D eigenvalue weighted by atomic mass is 16.1. The number of nitrogens with zero attached hydrogens (tertiary/aromatic N) is 2. The van der Waals surface area contributed by atoms with Gasteiger partial charge in [-0.15, -0.1) is 0 Å². The highest BCUT2D eigenvalue weighted by Crippen LogP contribution is 2.24. The molecule has 0 aliphatic rings. The van der Waals surface area contributed by atoms with Gasteiger partial charge >= 0.3 is 5.69 Å². The Bertz CT molecular complexity index is 717. The number of primary amides is 1. The van der Waals surface area contributed by atoms with Gasteiger partial charge in [0.2, 0.25) is 0 Å². The van der Waals surface area contributed by atoms with Crippen LogP contribution in [0.5, 0.6) is 0 Å². The molecule has 0 fully saturated rings. The van der Waals surface area contributed by atoms with Gasteiger partial charge in [-0.05, 0) is 19.4 Å². The van der Waals surface area contributed by atoms with E-state index in [1.54, 1.807) is 0 Å². The zero-order valence-electron chi connectivity index (χ0n) is 11.1. The number of rotatable bonds is 2. The van der Waals surface area contributed by atoms with Gasteiger partial charge in [-0.1, -0.05) is 23.8 Å². The van der Waals surface area contributed by atoms with Crippen LogP contribution in [0.2, 0.25) is 0 Å². The zero-order chi connectivity index (χ0) is 14.2. The first-order valence-electron chi connectivity index (χ1n) is 5.85. The summed E-state index contributed by atoms with van der Waals surface area (Å²) in [5.74, 6) is -0.599. The lowest BCUT2D eigenvalue weighted by Crippen LogP contribution is -2.25. The molecule has 0 unspecified atom stereocenters. The number of hydrogen-bond donors (Lipinski definition) is 1. The van der Waals surface area contributed by atoms with Crippen LogP contribution in [-0.2, 0) is 7.05 Å². The van der Waals surface area contributed by atoms with Gasteiger partial charge in [0.1, 0.15) is 0 Å². The molecule has 98 valence electrons. The van der Waals surface area contributed by atoms with E-state index in [0.29, 0.717) is 5.69 Å². The number of benzene rings is 1. The van der Waals surface area contributed by atoms with Crippen LogP contribution in [0.25, 0.3) is 11.3 Å². The molecule has 19 heavy (non-hydrogen) atoms. The quantitative estimate of drug-likeness (QED) is 0.877. The van der Waals surface area contributed by atoms with Gasteiger partial charge in [-0.3, -0.25) is 4.79 Å². The summed E-state index contributed by atoms with van der Waals surface area (Å²) in [6.07, 6.45) is 1.42. The van der Waals surface area contributed by atoms with Gasteiger partial charge in [0.05, 0.1) is 11.3 Å². The van der Waals surface area contributed by atoms with Crippen molar-refractivity contribution in [2.24, 2.45) is 12.8 Å². The molecule has 5 heteroatoms. The van der Waals surface area contributed by atoms with Gasteiger partial charge in [0.15, 0.2) is 0 Å².